The lowest BCUT2D eigenvalue weighted by Gasteiger charge is -2.33. The standard InChI is InChI=1S/C16H19F4NO3/c1-24-15(23)14(22)10-4-6-21(7-5-10)9-11-8-12(16(18,19)20)2-3-13(11)17/h2-3,8,10,14,22H,4-7,9H2,1H3/t14-/m0/s1. The van der Waals surface area contributed by atoms with Crippen molar-refractivity contribution in [3.05, 3.63) is 35.1 Å². The molecule has 0 amide bonds. The normalized spacial score (nSPS) is 18.4. The van der Waals surface area contributed by atoms with Crippen LogP contribution in [0.1, 0.15) is 24.0 Å². The van der Waals surface area contributed by atoms with Crippen LogP contribution in [0.3, 0.4) is 0 Å². The van der Waals surface area contributed by atoms with Crippen LogP contribution in [-0.4, -0.2) is 42.3 Å². The molecule has 0 saturated carbocycles. The summed E-state index contributed by atoms with van der Waals surface area (Å²) in [7, 11) is 1.19. The number of methoxy groups -OCH3 is 1. The van der Waals surface area contributed by atoms with Gasteiger partial charge in [-0.25, -0.2) is 9.18 Å². The number of alkyl halides is 3. The molecule has 1 aliphatic rings. The summed E-state index contributed by atoms with van der Waals surface area (Å²) in [4.78, 5) is 13.1. The number of aliphatic hydroxyl groups excluding tert-OH is 1. The molecule has 1 aromatic rings. The molecule has 2 rings (SSSR count). The van der Waals surface area contributed by atoms with Gasteiger partial charge < -0.3 is 9.84 Å². The summed E-state index contributed by atoms with van der Waals surface area (Å²) >= 11 is 0. The fourth-order valence-corrected chi connectivity index (χ4v) is 2.85. The van der Waals surface area contributed by atoms with Gasteiger partial charge in [0.1, 0.15) is 5.82 Å². The fourth-order valence-electron chi connectivity index (χ4n) is 2.85. The van der Waals surface area contributed by atoms with E-state index in [2.05, 4.69) is 4.74 Å². The molecule has 0 unspecified atom stereocenters. The van der Waals surface area contributed by atoms with Gasteiger partial charge in [0, 0.05) is 12.1 Å². The van der Waals surface area contributed by atoms with E-state index < -0.39 is 29.6 Å². The second kappa shape index (κ2) is 7.48. The van der Waals surface area contributed by atoms with Crippen molar-refractivity contribution >= 4 is 5.97 Å². The zero-order valence-electron chi connectivity index (χ0n) is 13.1. The van der Waals surface area contributed by atoms with Gasteiger partial charge in [0.2, 0.25) is 0 Å². The molecule has 4 nitrogen and oxygen atoms in total. The molecule has 0 spiro atoms. The Morgan fingerprint density at radius 2 is 2.00 bits per heavy atom. The molecule has 0 bridgehead atoms. The maximum absolute atomic E-state index is 13.8. The van der Waals surface area contributed by atoms with Crippen molar-refractivity contribution in [1.29, 1.82) is 0 Å². The Balaban J connectivity index is 1.98. The third-order valence-electron chi connectivity index (χ3n) is 4.29. The summed E-state index contributed by atoms with van der Waals surface area (Å²) in [5, 5.41) is 9.81. The number of hydrogen-bond donors (Lipinski definition) is 1. The summed E-state index contributed by atoms with van der Waals surface area (Å²) in [6, 6.07) is 2.37. The van der Waals surface area contributed by atoms with Crippen LogP contribution in [0.25, 0.3) is 0 Å². The molecular weight excluding hydrogens is 330 g/mol. The Morgan fingerprint density at radius 3 is 2.54 bits per heavy atom. The van der Waals surface area contributed by atoms with E-state index in [4.69, 9.17) is 0 Å². The fraction of sp³-hybridized carbons (Fsp3) is 0.562. The minimum atomic E-state index is -4.51. The number of hydrogen-bond acceptors (Lipinski definition) is 4. The van der Waals surface area contributed by atoms with E-state index in [1.807, 2.05) is 0 Å². The molecule has 1 saturated heterocycles. The van der Waals surface area contributed by atoms with Gasteiger partial charge in [-0.3, -0.25) is 4.90 Å². The summed E-state index contributed by atoms with van der Waals surface area (Å²) in [5.41, 5.74) is -0.897. The lowest BCUT2D eigenvalue weighted by atomic mass is 9.91. The zero-order chi connectivity index (χ0) is 17.9. The number of piperidine rings is 1. The third kappa shape index (κ3) is 4.45. The van der Waals surface area contributed by atoms with E-state index in [1.165, 1.54) is 7.11 Å². The minimum Gasteiger partial charge on any atom is -0.467 e. The first-order valence-corrected chi connectivity index (χ1v) is 7.56. The Bertz CT molecular complexity index is 583. The molecule has 1 fully saturated rings. The van der Waals surface area contributed by atoms with Crippen molar-refractivity contribution in [2.24, 2.45) is 5.92 Å². The van der Waals surface area contributed by atoms with Crippen molar-refractivity contribution in [1.82, 2.24) is 4.90 Å². The lowest BCUT2D eigenvalue weighted by Crippen LogP contribution is -2.40. The van der Waals surface area contributed by atoms with Crippen LogP contribution >= 0.6 is 0 Å². The number of benzene rings is 1. The van der Waals surface area contributed by atoms with Crippen LogP contribution in [0.5, 0.6) is 0 Å². The summed E-state index contributed by atoms with van der Waals surface area (Å²) in [5.74, 6) is -1.64. The number of likely N-dealkylation sites (tertiary alicyclic amines) is 1. The van der Waals surface area contributed by atoms with E-state index in [1.54, 1.807) is 4.90 Å². The molecule has 8 heteroatoms. The first-order valence-electron chi connectivity index (χ1n) is 7.56. The average molecular weight is 349 g/mol. The first kappa shape index (κ1) is 18.7. The Kier molecular flexibility index (Phi) is 5.82. The van der Waals surface area contributed by atoms with Crippen LogP contribution in [-0.2, 0) is 22.3 Å². The molecule has 1 aliphatic heterocycles. The number of ether oxygens (including phenoxy) is 1. The first-order chi connectivity index (χ1) is 11.2. The average Bonchev–Trinajstić information content (AvgIpc) is 2.55. The Hall–Kier alpha value is -1.67. The SMILES string of the molecule is COC(=O)[C@@H](O)C1CCN(Cc2cc(C(F)(F)F)ccc2F)CC1. The summed E-state index contributed by atoms with van der Waals surface area (Å²) in [6.45, 7) is 0.958. The van der Waals surface area contributed by atoms with Crippen LogP contribution in [0.15, 0.2) is 18.2 Å². The number of nitrogens with zero attached hydrogens (tertiary/aromatic N) is 1. The molecule has 0 aliphatic carbocycles. The van der Waals surface area contributed by atoms with Gasteiger partial charge >= 0.3 is 12.1 Å². The highest BCUT2D eigenvalue weighted by molar-refractivity contribution is 5.74. The van der Waals surface area contributed by atoms with Crippen molar-refractivity contribution in [3.8, 4) is 0 Å². The maximum atomic E-state index is 13.8. The summed E-state index contributed by atoms with van der Waals surface area (Å²) in [6.07, 6.45) is -4.75. The van der Waals surface area contributed by atoms with Gasteiger partial charge in [-0.1, -0.05) is 0 Å². The molecule has 1 aromatic carbocycles. The largest absolute Gasteiger partial charge is 0.467 e. The van der Waals surface area contributed by atoms with Crippen molar-refractivity contribution in [3.63, 3.8) is 0 Å². The van der Waals surface area contributed by atoms with Gasteiger partial charge in [0.25, 0.3) is 0 Å². The predicted molar refractivity (Wildman–Crippen MR) is 77.4 cm³/mol. The Labute approximate surface area is 137 Å². The zero-order valence-corrected chi connectivity index (χ0v) is 13.1. The van der Waals surface area contributed by atoms with Gasteiger partial charge in [-0.2, -0.15) is 13.2 Å². The number of halogens is 4. The second-order valence-corrected chi connectivity index (χ2v) is 5.89. The lowest BCUT2D eigenvalue weighted by molar-refractivity contribution is -0.154. The molecule has 1 heterocycles. The van der Waals surface area contributed by atoms with Crippen molar-refractivity contribution in [2.45, 2.75) is 31.7 Å². The van der Waals surface area contributed by atoms with Gasteiger partial charge in [0.15, 0.2) is 6.10 Å². The summed E-state index contributed by atoms with van der Waals surface area (Å²) < 4.78 is 56.4. The highest BCUT2D eigenvalue weighted by Crippen LogP contribution is 2.31. The highest BCUT2D eigenvalue weighted by atomic mass is 19.4. The molecular formula is C16H19F4NO3. The molecule has 1 N–H and O–H groups in total. The smallest absolute Gasteiger partial charge is 0.416 e. The number of rotatable bonds is 4. The quantitative estimate of drug-likeness (QED) is 0.671. The number of carbonyl (C=O) groups is 1. The van der Waals surface area contributed by atoms with E-state index in [9.17, 15) is 27.5 Å². The molecule has 24 heavy (non-hydrogen) atoms. The second-order valence-electron chi connectivity index (χ2n) is 5.89. The number of esters is 1. The van der Waals surface area contributed by atoms with E-state index in [0.717, 1.165) is 18.2 Å². The van der Waals surface area contributed by atoms with E-state index in [-0.39, 0.29) is 18.0 Å². The Morgan fingerprint density at radius 1 is 1.38 bits per heavy atom. The van der Waals surface area contributed by atoms with Gasteiger partial charge in [-0.15, -0.1) is 0 Å². The minimum absolute atomic E-state index is 0.0169. The van der Waals surface area contributed by atoms with Crippen molar-refractivity contribution < 1.29 is 32.2 Å². The van der Waals surface area contributed by atoms with E-state index >= 15 is 0 Å². The van der Waals surface area contributed by atoms with Crippen LogP contribution in [0.2, 0.25) is 0 Å². The van der Waals surface area contributed by atoms with E-state index in [0.29, 0.717) is 25.9 Å². The third-order valence-corrected chi connectivity index (χ3v) is 4.29. The molecule has 0 aromatic heterocycles. The molecule has 0 radical (unpaired) electrons. The van der Waals surface area contributed by atoms with Crippen LogP contribution in [0.4, 0.5) is 17.6 Å². The van der Waals surface area contributed by atoms with Gasteiger partial charge in [-0.05, 0) is 50.0 Å². The highest BCUT2D eigenvalue weighted by Gasteiger charge is 2.32. The topological polar surface area (TPSA) is 49.8 Å². The monoisotopic (exact) mass is 349 g/mol. The van der Waals surface area contributed by atoms with Crippen molar-refractivity contribution in [2.75, 3.05) is 20.2 Å². The predicted octanol–water partition coefficient (Wildman–Crippen LogP) is 2.59. The number of aliphatic hydroxyl groups is 1. The molecule has 1 atom stereocenters. The molecule has 134 valence electrons. The maximum Gasteiger partial charge on any atom is 0.416 e. The van der Waals surface area contributed by atoms with Crippen LogP contribution < -0.4 is 0 Å². The van der Waals surface area contributed by atoms with Crippen LogP contribution in [0, 0.1) is 11.7 Å². The number of carbonyl (C=O) groups excluding carboxylic acids is 1. The van der Waals surface area contributed by atoms with Gasteiger partial charge in [0.05, 0.1) is 12.7 Å².